The van der Waals surface area contributed by atoms with Crippen molar-refractivity contribution in [2.45, 2.75) is 25.1 Å². The standard InChI is InChI=1S/C20H20F4N6O/c21-15-4-3-12(20(22,23)24)8-16(15)26-9-17(31)29-13-2-1-7-30(10-13)19-14-5-6-25-18(14)27-11-28-19/h3-6,8,11,13,26H,1-2,7,9-10H2,(H,29,31)(H,25,27,28). The molecule has 31 heavy (non-hydrogen) atoms. The summed E-state index contributed by atoms with van der Waals surface area (Å²) in [7, 11) is 0. The Morgan fingerprint density at radius 3 is 2.90 bits per heavy atom. The van der Waals surface area contributed by atoms with E-state index < -0.39 is 23.5 Å². The second kappa shape index (κ2) is 8.40. The number of nitrogens with one attached hydrogen (secondary N) is 3. The maximum Gasteiger partial charge on any atom is 0.416 e. The lowest BCUT2D eigenvalue weighted by Crippen LogP contribution is -2.49. The summed E-state index contributed by atoms with van der Waals surface area (Å²) in [4.78, 5) is 26.0. The van der Waals surface area contributed by atoms with Gasteiger partial charge in [0, 0.05) is 25.3 Å². The van der Waals surface area contributed by atoms with Gasteiger partial charge in [-0.3, -0.25) is 4.79 Å². The van der Waals surface area contributed by atoms with Gasteiger partial charge in [-0.2, -0.15) is 13.2 Å². The summed E-state index contributed by atoms with van der Waals surface area (Å²) in [6.45, 7) is 0.961. The van der Waals surface area contributed by atoms with E-state index in [1.807, 2.05) is 6.07 Å². The number of anilines is 2. The molecule has 1 aromatic carbocycles. The average molecular weight is 436 g/mol. The molecule has 3 heterocycles. The number of piperidine rings is 1. The van der Waals surface area contributed by atoms with Gasteiger partial charge in [0.1, 0.15) is 23.6 Å². The molecule has 3 aromatic rings. The molecule has 1 unspecified atom stereocenters. The molecule has 0 bridgehead atoms. The highest BCUT2D eigenvalue weighted by atomic mass is 19.4. The normalized spacial score (nSPS) is 17.0. The van der Waals surface area contributed by atoms with Crippen molar-refractivity contribution in [1.82, 2.24) is 20.3 Å². The molecule has 1 aliphatic heterocycles. The van der Waals surface area contributed by atoms with Crippen LogP contribution in [-0.2, 0) is 11.0 Å². The molecule has 1 amide bonds. The highest BCUT2D eigenvalue weighted by molar-refractivity contribution is 5.87. The third-order valence-electron chi connectivity index (χ3n) is 5.15. The summed E-state index contributed by atoms with van der Waals surface area (Å²) < 4.78 is 52.3. The first-order valence-corrected chi connectivity index (χ1v) is 9.74. The number of halogens is 4. The van der Waals surface area contributed by atoms with Crippen molar-refractivity contribution in [2.75, 3.05) is 29.9 Å². The quantitative estimate of drug-likeness (QED) is 0.535. The lowest BCUT2D eigenvalue weighted by atomic mass is 10.1. The fourth-order valence-corrected chi connectivity index (χ4v) is 3.69. The largest absolute Gasteiger partial charge is 0.416 e. The maximum atomic E-state index is 13.8. The zero-order valence-electron chi connectivity index (χ0n) is 16.3. The first-order valence-electron chi connectivity index (χ1n) is 9.74. The van der Waals surface area contributed by atoms with E-state index in [4.69, 9.17) is 0 Å². The van der Waals surface area contributed by atoms with Gasteiger partial charge in [-0.1, -0.05) is 0 Å². The highest BCUT2D eigenvalue weighted by Gasteiger charge is 2.31. The van der Waals surface area contributed by atoms with Crippen molar-refractivity contribution in [3.63, 3.8) is 0 Å². The molecular formula is C20H20F4N6O. The molecule has 7 nitrogen and oxygen atoms in total. The monoisotopic (exact) mass is 436 g/mol. The number of rotatable bonds is 5. The predicted octanol–water partition coefficient (Wildman–Crippen LogP) is 3.31. The van der Waals surface area contributed by atoms with Crippen LogP contribution in [0.5, 0.6) is 0 Å². The van der Waals surface area contributed by atoms with E-state index in [9.17, 15) is 22.4 Å². The third kappa shape index (κ3) is 4.70. The van der Waals surface area contributed by atoms with Gasteiger partial charge in [0.15, 0.2) is 0 Å². The number of nitrogens with zero attached hydrogens (tertiary/aromatic N) is 3. The van der Waals surface area contributed by atoms with Crippen molar-refractivity contribution >= 4 is 28.4 Å². The topological polar surface area (TPSA) is 85.9 Å². The molecule has 0 radical (unpaired) electrons. The van der Waals surface area contributed by atoms with Gasteiger partial charge in [-0.05, 0) is 37.1 Å². The molecule has 1 atom stereocenters. The second-order valence-corrected chi connectivity index (χ2v) is 7.34. The fraction of sp³-hybridized carbons (Fsp3) is 0.350. The van der Waals surface area contributed by atoms with E-state index in [1.54, 1.807) is 6.20 Å². The number of hydrogen-bond donors (Lipinski definition) is 3. The van der Waals surface area contributed by atoms with Crippen LogP contribution in [0.4, 0.5) is 29.1 Å². The SMILES string of the molecule is O=C(CNc1cc(C(F)(F)F)ccc1F)NC1CCCN(c2ncnc3[nH]ccc23)C1. The first kappa shape index (κ1) is 20.9. The average Bonchev–Trinajstić information content (AvgIpc) is 3.21. The zero-order valence-corrected chi connectivity index (χ0v) is 16.3. The van der Waals surface area contributed by atoms with Crippen LogP contribution in [0, 0.1) is 5.82 Å². The van der Waals surface area contributed by atoms with Gasteiger partial charge in [0.2, 0.25) is 5.91 Å². The Balaban J connectivity index is 1.36. The Morgan fingerprint density at radius 2 is 2.10 bits per heavy atom. The molecule has 1 saturated heterocycles. The second-order valence-electron chi connectivity index (χ2n) is 7.34. The number of hydrogen-bond acceptors (Lipinski definition) is 5. The Hall–Kier alpha value is -3.37. The Bertz CT molecular complexity index is 1080. The van der Waals surface area contributed by atoms with Crippen molar-refractivity contribution in [3.8, 4) is 0 Å². The van der Waals surface area contributed by atoms with Crippen LogP contribution in [0.2, 0.25) is 0 Å². The van der Waals surface area contributed by atoms with Crippen LogP contribution in [0.15, 0.2) is 36.8 Å². The van der Waals surface area contributed by atoms with Gasteiger partial charge >= 0.3 is 6.18 Å². The summed E-state index contributed by atoms with van der Waals surface area (Å²) in [6.07, 6.45) is 0.246. The summed E-state index contributed by atoms with van der Waals surface area (Å²) in [5, 5.41) is 6.19. The van der Waals surface area contributed by atoms with Gasteiger partial charge in [-0.15, -0.1) is 0 Å². The number of H-pyrrole nitrogens is 1. The van der Waals surface area contributed by atoms with Crippen LogP contribution in [-0.4, -0.2) is 46.5 Å². The number of aromatic amines is 1. The number of carbonyl (C=O) groups is 1. The molecule has 11 heteroatoms. The van der Waals surface area contributed by atoms with Crippen molar-refractivity contribution in [1.29, 1.82) is 0 Å². The highest BCUT2D eigenvalue weighted by Crippen LogP contribution is 2.31. The Morgan fingerprint density at radius 1 is 1.26 bits per heavy atom. The molecule has 0 spiro atoms. The molecule has 0 saturated carbocycles. The number of amides is 1. The fourth-order valence-electron chi connectivity index (χ4n) is 3.69. The van der Waals surface area contributed by atoms with Crippen LogP contribution in [0.25, 0.3) is 11.0 Å². The first-order chi connectivity index (χ1) is 14.8. The summed E-state index contributed by atoms with van der Waals surface area (Å²) >= 11 is 0. The summed E-state index contributed by atoms with van der Waals surface area (Å²) in [5.41, 5.74) is -0.629. The van der Waals surface area contributed by atoms with Gasteiger partial charge < -0.3 is 20.5 Å². The van der Waals surface area contributed by atoms with Crippen molar-refractivity contribution in [3.05, 3.63) is 48.2 Å². The lowest BCUT2D eigenvalue weighted by Gasteiger charge is -2.34. The molecule has 164 valence electrons. The Kier molecular flexibility index (Phi) is 5.66. The molecular weight excluding hydrogens is 416 g/mol. The summed E-state index contributed by atoms with van der Waals surface area (Å²) in [5.74, 6) is -0.517. The minimum Gasteiger partial charge on any atom is -0.374 e. The van der Waals surface area contributed by atoms with E-state index in [0.29, 0.717) is 18.7 Å². The number of benzene rings is 1. The molecule has 3 N–H and O–H groups in total. The minimum absolute atomic E-state index is 0.168. The summed E-state index contributed by atoms with van der Waals surface area (Å²) in [6, 6.07) is 3.76. The van der Waals surface area contributed by atoms with Crippen molar-refractivity contribution in [2.24, 2.45) is 0 Å². The van der Waals surface area contributed by atoms with E-state index in [1.165, 1.54) is 6.33 Å². The van der Waals surface area contributed by atoms with E-state index in [0.717, 1.165) is 42.3 Å². The van der Waals surface area contributed by atoms with Crippen LogP contribution in [0.1, 0.15) is 18.4 Å². The molecule has 2 aromatic heterocycles. The van der Waals surface area contributed by atoms with E-state index in [2.05, 4.69) is 30.5 Å². The van der Waals surface area contributed by atoms with Gasteiger partial charge in [0.05, 0.1) is 23.2 Å². The van der Waals surface area contributed by atoms with Crippen molar-refractivity contribution < 1.29 is 22.4 Å². The molecule has 0 aliphatic carbocycles. The minimum atomic E-state index is -4.59. The Labute approximate surface area is 174 Å². The molecule has 1 aliphatic rings. The maximum absolute atomic E-state index is 13.8. The number of fused-ring (bicyclic) bond motifs is 1. The molecule has 1 fully saturated rings. The zero-order chi connectivity index (χ0) is 22.0. The van der Waals surface area contributed by atoms with Gasteiger partial charge in [0.25, 0.3) is 0 Å². The predicted molar refractivity (Wildman–Crippen MR) is 107 cm³/mol. The van der Waals surface area contributed by atoms with Crippen LogP contribution < -0.4 is 15.5 Å². The number of carbonyl (C=O) groups excluding carboxylic acids is 1. The van der Waals surface area contributed by atoms with E-state index >= 15 is 0 Å². The van der Waals surface area contributed by atoms with Crippen LogP contribution in [0.3, 0.4) is 0 Å². The van der Waals surface area contributed by atoms with E-state index in [-0.39, 0.29) is 18.3 Å². The van der Waals surface area contributed by atoms with Gasteiger partial charge in [-0.25, -0.2) is 14.4 Å². The number of aromatic nitrogens is 3. The molecule has 4 rings (SSSR count). The third-order valence-corrected chi connectivity index (χ3v) is 5.15. The number of alkyl halides is 3. The lowest BCUT2D eigenvalue weighted by molar-refractivity contribution is -0.137. The van der Waals surface area contributed by atoms with Crippen LogP contribution >= 0.6 is 0 Å². The smallest absolute Gasteiger partial charge is 0.374 e.